The van der Waals surface area contributed by atoms with E-state index in [9.17, 15) is 14.7 Å². The van der Waals surface area contributed by atoms with Crippen molar-refractivity contribution in [3.63, 3.8) is 0 Å². The van der Waals surface area contributed by atoms with Crippen LogP contribution in [0.2, 0.25) is 0 Å². The third-order valence-electron chi connectivity index (χ3n) is 10.2. The highest BCUT2D eigenvalue weighted by Crippen LogP contribution is 2.10. The minimum Gasteiger partial charge on any atom is -0.462 e. The molecule has 0 saturated heterocycles. The zero-order valence-corrected chi connectivity index (χ0v) is 42.8. The number of aliphatic hydroxyl groups excluding tert-OH is 1. The molecule has 0 aliphatic carbocycles. The first-order valence-electron chi connectivity index (χ1n) is 26.3. The number of carbonyl (C=O) groups is 2. The van der Waals surface area contributed by atoms with E-state index in [0.717, 1.165) is 154 Å². The van der Waals surface area contributed by atoms with Crippen LogP contribution in [0.5, 0.6) is 0 Å². The van der Waals surface area contributed by atoms with Gasteiger partial charge in [-0.1, -0.05) is 215 Å². The minimum atomic E-state index is -0.815. The van der Waals surface area contributed by atoms with Crippen LogP contribution in [0.25, 0.3) is 0 Å². The van der Waals surface area contributed by atoms with E-state index in [0.29, 0.717) is 12.8 Å². The summed E-state index contributed by atoms with van der Waals surface area (Å²) in [7, 11) is 0. The first-order valence-corrected chi connectivity index (χ1v) is 26.3. The van der Waals surface area contributed by atoms with E-state index in [4.69, 9.17) is 9.47 Å². The lowest BCUT2D eigenvalue weighted by molar-refractivity contribution is -0.161. The van der Waals surface area contributed by atoms with E-state index >= 15 is 0 Å². The van der Waals surface area contributed by atoms with Crippen LogP contribution in [0.1, 0.15) is 181 Å². The van der Waals surface area contributed by atoms with E-state index in [1.165, 1.54) is 0 Å². The summed E-state index contributed by atoms with van der Waals surface area (Å²) >= 11 is 0. The molecule has 0 bridgehead atoms. The largest absolute Gasteiger partial charge is 0.462 e. The van der Waals surface area contributed by atoms with E-state index in [1.807, 2.05) is 0 Å². The van der Waals surface area contributed by atoms with Gasteiger partial charge in [0.25, 0.3) is 0 Å². The van der Waals surface area contributed by atoms with Gasteiger partial charge in [-0.3, -0.25) is 9.59 Å². The summed E-state index contributed by atoms with van der Waals surface area (Å²) in [4.78, 5) is 24.4. The summed E-state index contributed by atoms with van der Waals surface area (Å²) in [6.07, 6.45) is 89.8. The van der Waals surface area contributed by atoms with Gasteiger partial charge in [0.1, 0.15) is 6.61 Å². The van der Waals surface area contributed by atoms with Crippen LogP contribution < -0.4 is 0 Å². The highest BCUT2D eigenvalue weighted by Gasteiger charge is 2.16. The summed E-state index contributed by atoms with van der Waals surface area (Å²) in [6.45, 7) is 3.84. The third kappa shape index (κ3) is 53.6. The second-order valence-corrected chi connectivity index (χ2v) is 16.5. The molecule has 0 aliphatic heterocycles. The van der Waals surface area contributed by atoms with Crippen LogP contribution in [0.4, 0.5) is 0 Å². The first-order chi connectivity index (χ1) is 33.6. The number of carbonyl (C=O) groups excluding carboxylic acids is 2. The molecule has 0 amide bonds. The van der Waals surface area contributed by atoms with Gasteiger partial charge in [-0.15, -0.1) is 0 Å². The number of hydrogen-bond donors (Lipinski definition) is 1. The van der Waals surface area contributed by atoms with Crippen molar-refractivity contribution in [1.82, 2.24) is 0 Å². The highest BCUT2D eigenvalue weighted by atomic mass is 16.6. The van der Waals surface area contributed by atoms with Gasteiger partial charge < -0.3 is 14.6 Å². The first kappa shape index (κ1) is 63.0. The quantitative estimate of drug-likeness (QED) is 0.0374. The Morgan fingerprint density at radius 2 is 0.588 bits per heavy atom. The maximum atomic E-state index is 12.3. The Kier molecular flexibility index (Phi) is 52.2. The molecule has 376 valence electrons. The lowest BCUT2D eigenvalue weighted by atomic mass is 10.1. The zero-order valence-electron chi connectivity index (χ0n) is 42.8. The molecule has 1 N–H and O–H groups in total. The Hall–Kier alpha value is -5.00. The summed E-state index contributed by atoms with van der Waals surface area (Å²) < 4.78 is 10.6. The number of rotatable bonds is 45. The molecular formula is C63H94O5. The van der Waals surface area contributed by atoms with Gasteiger partial charge in [0.15, 0.2) is 6.10 Å². The van der Waals surface area contributed by atoms with E-state index in [1.54, 1.807) is 0 Å². The van der Waals surface area contributed by atoms with Crippen LogP contribution in [0.15, 0.2) is 182 Å². The van der Waals surface area contributed by atoms with Crippen LogP contribution in [0, 0.1) is 0 Å². The molecule has 0 aromatic rings. The molecule has 68 heavy (non-hydrogen) atoms. The van der Waals surface area contributed by atoms with Gasteiger partial charge in [0.05, 0.1) is 6.61 Å². The summed E-state index contributed by atoms with van der Waals surface area (Å²) in [5, 5.41) is 9.62. The number of hydrogen-bond acceptors (Lipinski definition) is 5. The Morgan fingerprint density at radius 1 is 0.338 bits per heavy atom. The molecular weight excluding hydrogens is 837 g/mol. The van der Waals surface area contributed by atoms with Crippen molar-refractivity contribution >= 4 is 11.9 Å². The van der Waals surface area contributed by atoms with Crippen LogP contribution in [-0.4, -0.2) is 36.4 Å². The monoisotopic (exact) mass is 931 g/mol. The number of esters is 2. The van der Waals surface area contributed by atoms with Crippen LogP contribution in [0.3, 0.4) is 0 Å². The van der Waals surface area contributed by atoms with Gasteiger partial charge in [0.2, 0.25) is 0 Å². The maximum Gasteiger partial charge on any atom is 0.306 e. The number of aliphatic hydroxyl groups is 1. The fourth-order valence-corrected chi connectivity index (χ4v) is 6.31. The normalized spacial score (nSPS) is 13.8. The molecule has 1 atom stereocenters. The Bertz CT molecular complexity index is 1620. The molecule has 0 spiro atoms. The Balaban J connectivity index is 3.73. The molecule has 5 heteroatoms. The van der Waals surface area contributed by atoms with Gasteiger partial charge in [-0.05, 0) is 135 Å². The van der Waals surface area contributed by atoms with Gasteiger partial charge in [-0.2, -0.15) is 0 Å². The SMILES string of the molecule is CC/C=C\C/C=C\C/C=C\C/C=C\C/C=C\C/C=C\C/C=C\C/C=C\C/C=C\C/C=C\CCCCCCC(=O)OC(CO)COC(=O)CCCCC/C=C\C/C=C\C/C=C\C/C=C\C/C=C\CC. The third-order valence-corrected chi connectivity index (χ3v) is 10.2. The van der Waals surface area contributed by atoms with Crippen molar-refractivity contribution in [2.45, 2.75) is 187 Å². The van der Waals surface area contributed by atoms with E-state index < -0.39 is 6.10 Å². The number of unbranched alkanes of at least 4 members (excludes halogenated alkanes) is 7. The van der Waals surface area contributed by atoms with Gasteiger partial charge in [-0.25, -0.2) is 0 Å². The highest BCUT2D eigenvalue weighted by molar-refractivity contribution is 5.70. The fourth-order valence-electron chi connectivity index (χ4n) is 6.31. The predicted molar refractivity (Wildman–Crippen MR) is 296 cm³/mol. The number of allylic oxidation sites excluding steroid dienone is 30. The average Bonchev–Trinajstić information content (AvgIpc) is 3.34. The Labute approximate surface area is 416 Å². The average molecular weight is 931 g/mol. The van der Waals surface area contributed by atoms with Crippen molar-refractivity contribution in [2.24, 2.45) is 0 Å². The Morgan fingerprint density at radius 3 is 0.882 bits per heavy atom. The van der Waals surface area contributed by atoms with Gasteiger partial charge >= 0.3 is 11.9 Å². The molecule has 0 rings (SSSR count). The van der Waals surface area contributed by atoms with Crippen molar-refractivity contribution in [3.8, 4) is 0 Å². The van der Waals surface area contributed by atoms with Crippen molar-refractivity contribution in [1.29, 1.82) is 0 Å². The van der Waals surface area contributed by atoms with Crippen LogP contribution in [-0.2, 0) is 19.1 Å². The molecule has 0 aromatic carbocycles. The summed E-state index contributed by atoms with van der Waals surface area (Å²) in [6, 6.07) is 0. The number of ether oxygens (including phenoxy) is 2. The fraction of sp³-hybridized carbons (Fsp3) is 0.492. The standard InChI is InChI=1S/C63H94O5/c1-3-5-7-9-11-13-15-17-19-21-23-24-25-26-27-28-29-30-31-32-33-34-35-36-37-38-40-42-44-46-48-50-52-54-56-58-63(66)68-61(59-64)60-67-62(65)57-55-53-51-49-47-45-43-41-39-22-20-18-16-14-12-10-8-6-4-2/h5-8,11-14,17-20,23-24,26-27,29-30,32-33,35-36,38-41,44-47,61,64H,3-4,9-10,15-16,21-22,25,28,31,34,37,42-43,48-60H2,1-2H3/b7-5-,8-6-,13-11-,14-12-,19-17-,20-18-,24-23-,27-26-,30-29-,33-32-,36-35-,40-38-,41-39-,46-44-,47-45-. The molecule has 0 heterocycles. The minimum absolute atomic E-state index is 0.107. The van der Waals surface area contributed by atoms with Gasteiger partial charge in [0, 0.05) is 12.8 Å². The van der Waals surface area contributed by atoms with Crippen LogP contribution >= 0.6 is 0 Å². The molecule has 1 unspecified atom stereocenters. The molecule has 0 aromatic heterocycles. The van der Waals surface area contributed by atoms with Crippen molar-refractivity contribution in [3.05, 3.63) is 182 Å². The predicted octanol–water partition coefficient (Wildman–Crippen LogP) is 18.0. The molecule has 0 saturated carbocycles. The van der Waals surface area contributed by atoms with E-state index in [-0.39, 0.29) is 25.2 Å². The van der Waals surface area contributed by atoms with Crippen molar-refractivity contribution < 1.29 is 24.2 Å². The molecule has 0 fully saturated rings. The summed E-state index contributed by atoms with van der Waals surface area (Å²) in [5.74, 6) is -0.676. The lowest BCUT2D eigenvalue weighted by Gasteiger charge is -2.15. The second kappa shape index (κ2) is 56.3. The molecule has 0 aliphatic rings. The van der Waals surface area contributed by atoms with Crippen molar-refractivity contribution in [2.75, 3.05) is 13.2 Å². The second-order valence-electron chi connectivity index (χ2n) is 16.5. The summed E-state index contributed by atoms with van der Waals surface area (Å²) in [5.41, 5.74) is 0. The molecule has 5 nitrogen and oxygen atoms in total. The maximum absolute atomic E-state index is 12.3. The zero-order chi connectivity index (χ0) is 49.2. The van der Waals surface area contributed by atoms with E-state index in [2.05, 4.69) is 196 Å². The molecule has 0 radical (unpaired) electrons. The smallest absolute Gasteiger partial charge is 0.306 e. The lowest BCUT2D eigenvalue weighted by Crippen LogP contribution is -2.28. The topological polar surface area (TPSA) is 72.8 Å².